The maximum atomic E-state index is 11.8. The van der Waals surface area contributed by atoms with Gasteiger partial charge in [0, 0.05) is 10.2 Å². The number of aryl methyl sites for hydroxylation is 1. The highest BCUT2D eigenvalue weighted by molar-refractivity contribution is 9.10. The minimum atomic E-state index is -0.500. The molecule has 0 aliphatic rings. The molecule has 0 aliphatic carbocycles. The summed E-state index contributed by atoms with van der Waals surface area (Å²) in [5.74, 6) is -0.266. The fraction of sp³-hybridized carbons (Fsp3) is 0.409. The Hall–Kier alpha value is -1.85. The van der Waals surface area contributed by atoms with Crippen molar-refractivity contribution in [2.75, 3.05) is 12.8 Å². The van der Waals surface area contributed by atoms with Crippen LogP contribution in [0.1, 0.15) is 43.0 Å². The number of hydrogen-bond acceptors (Lipinski definition) is 4. The van der Waals surface area contributed by atoms with Crippen LogP contribution >= 0.6 is 15.9 Å². The molecule has 0 saturated heterocycles. The molecule has 5 heteroatoms. The van der Waals surface area contributed by atoms with Gasteiger partial charge in [-0.2, -0.15) is 0 Å². The van der Waals surface area contributed by atoms with Crippen molar-refractivity contribution < 1.29 is 14.6 Å². The number of rotatable bonds is 3. The zero-order valence-electron chi connectivity index (χ0n) is 17.2. The average Bonchev–Trinajstić information content (AvgIpc) is 2.57. The Morgan fingerprint density at radius 1 is 1.11 bits per heavy atom. The number of methoxy groups -OCH3 is 1. The van der Waals surface area contributed by atoms with Gasteiger partial charge >= 0.3 is 5.97 Å². The molecule has 2 rings (SSSR count). The molecule has 0 unspecified atom stereocenters. The van der Waals surface area contributed by atoms with Gasteiger partial charge in [-0.1, -0.05) is 29.8 Å². The van der Waals surface area contributed by atoms with Gasteiger partial charge in [0.1, 0.15) is 0 Å². The van der Waals surface area contributed by atoms with E-state index in [1.807, 2.05) is 13.8 Å². The van der Waals surface area contributed by atoms with Crippen LogP contribution in [0.4, 0.5) is 5.69 Å². The molecule has 0 atom stereocenters. The van der Waals surface area contributed by atoms with Crippen molar-refractivity contribution >= 4 is 27.6 Å². The summed E-state index contributed by atoms with van der Waals surface area (Å²) in [5.41, 5.74) is 12.5. The third-order valence-electron chi connectivity index (χ3n) is 3.99. The van der Waals surface area contributed by atoms with Gasteiger partial charge in [0.2, 0.25) is 0 Å². The molecule has 0 aromatic heterocycles. The maximum absolute atomic E-state index is 11.8. The monoisotopic (exact) mass is 435 g/mol. The van der Waals surface area contributed by atoms with Crippen LogP contribution in [0.5, 0.6) is 0 Å². The first-order valence-electron chi connectivity index (χ1n) is 8.80. The van der Waals surface area contributed by atoms with E-state index in [1.165, 1.54) is 12.7 Å². The third kappa shape index (κ3) is 6.67. The fourth-order valence-electron chi connectivity index (χ4n) is 2.60. The normalized spacial score (nSPS) is 10.9. The number of benzene rings is 2. The van der Waals surface area contributed by atoms with Crippen molar-refractivity contribution in [2.45, 2.75) is 53.6 Å². The summed E-state index contributed by atoms with van der Waals surface area (Å²) in [6.45, 7) is 11.2. The Labute approximate surface area is 170 Å². The van der Waals surface area contributed by atoms with Crippen molar-refractivity contribution in [1.82, 2.24) is 0 Å². The minimum absolute atomic E-state index is 0.212. The average molecular weight is 436 g/mol. The zero-order chi connectivity index (χ0) is 20.9. The Bertz CT molecular complexity index is 800. The van der Waals surface area contributed by atoms with E-state index >= 15 is 0 Å². The van der Waals surface area contributed by atoms with Crippen molar-refractivity contribution in [3.63, 3.8) is 0 Å². The van der Waals surface area contributed by atoms with Gasteiger partial charge in [-0.15, -0.1) is 0 Å². The number of esters is 1. The van der Waals surface area contributed by atoms with Crippen LogP contribution in [0.2, 0.25) is 0 Å². The lowest BCUT2D eigenvalue weighted by Gasteiger charge is -2.19. The molecule has 0 radical (unpaired) electrons. The van der Waals surface area contributed by atoms with E-state index in [9.17, 15) is 4.79 Å². The van der Waals surface area contributed by atoms with Crippen LogP contribution in [0.25, 0.3) is 11.1 Å². The molecular formula is C22H30BrNO3. The summed E-state index contributed by atoms with van der Waals surface area (Å²) in [4.78, 5) is 11.8. The van der Waals surface area contributed by atoms with Gasteiger partial charge in [-0.3, -0.25) is 4.79 Å². The lowest BCUT2D eigenvalue weighted by Crippen LogP contribution is -2.10. The second-order valence-corrected chi connectivity index (χ2v) is 8.41. The first kappa shape index (κ1) is 23.2. The molecule has 3 N–H and O–H groups in total. The van der Waals surface area contributed by atoms with E-state index in [2.05, 4.69) is 47.1 Å². The van der Waals surface area contributed by atoms with Gasteiger partial charge in [0.25, 0.3) is 0 Å². The molecule has 27 heavy (non-hydrogen) atoms. The largest absolute Gasteiger partial charge is 0.469 e. The predicted molar refractivity (Wildman–Crippen MR) is 116 cm³/mol. The van der Waals surface area contributed by atoms with E-state index < -0.39 is 5.60 Å². The molecule has 0 saturated carbocycles. The van der Waals surface area contributed by atoms with Crippen molar-refractivity contribution in [3.8, 4) is 11.1 Å². The Morgan fingerprint density at radius 2 is 1.59 bits per heavy atom. The number of nitrogens with two attached hydrogens (primary N) is 1. The second-order valence-electron chi connectivity index (χ2n) is 7.62. The first-order valence-corrected chi connectivity index (χ1v) is 9.59. The maximum Gasteiger partial charge on any atom is 0.310 e. The Balaban J connectivity index is 0.000000646. The van der Waals surface area contributed by atoms with E-state index in [-0.39, 0.29) is 12.4 Å². The summed E-state index contributed by atoms with van der Waals surface area (Å²) in [5, 5.41) is 8.52. The molecule has 148 valence electrons. The van der Waals surface area contributed by atoms with Crippen LogP contribution in [0, 0.1) is 20.8 Å². The van der Waals surface area contributed by atoms with Crippen LogP contribution in [-0.4, -0.2) is 23.8 Å². The fourth-order valence-corrected chi connectivity index (χ4v) is 3.10. The van der Waals surface area contributed by atoms with E-state index in [0.717, 1.165) is 32.3 Å². The molecule has 0 spiro atoms. The number of hydrogen-bond donors (Lipinski definition) is 2. The number of carbonyl (C=O) groups is 1. The SMILES string of the molecule is CC(C)(C)O.COC(=O)Cc1c(C)c(N)c(Br)c(C)c1-c1ccc(C)cc1. The first-order chi connectivity index (χ1) is 12.4. The third-order valence-corrected chi connectivity index (χ3v) is 5.01. The van der Waals surface area contributed by atoms with E-state index in [0.29, 0.717) is 5.69 Å². The number of ether oxygens (including phenoxy) is 1. The summed E-state index contributed by atoms with van der Waals surface area (Å²) in [6.07, 6.45) is 0.212. The van der Waals surface area contributed by atoms with Crippen LogP contribution < -0.4 is 5.73 Å². The van der Waals surface area contributed by atoms with Crippen LogP contribution in [-0.2, 0) is 16.0 Å². The standard InChI is InChI=1S/C18H20BrNO2.C4H10O/c1-10-5-7-13(8-6-10)16-12(3)17(19)18(20)11(2)14(16)9-15(21)22-4;1-4(2,3)5/h5-8H,9,20H2,1-4H3;5H,1-3H3. The van der Waals surface area contributed by atoms with E-state index in [4.69, 9.17) is 15.6 Å². The molecule has 2 aromatic carbocycles. The zero-order valence-corrected chi connectivity index (χ0v) is 18.8. The molecule has 0 heterocycles. The second kappa shape index (κ2) is 9.38. The van der Waals surface area contributed by atoms with Crippen molar-refractivity contribution in [3.05, 3.63) is 51.0 Å². The molecule has 2 aromatic rings. The highest BCUT2D eigenvalue weighted by atomic mass is 79.9. The summed E-state index contributed by atoms with van der Waals surface area (Å²) >= 11 is 3.57. The number of halogens is 1. The minimum Gasteiger partial charge on any atom is -0.469 e. The number of nitrogen functional groups attached to an aromatic ring is 1. The highest BCUT2D eigenvalue weighted by Gasteiger charge is 2.20. The number of carbonyl (C=O) groups excluding carboxylic acids is 1. The molecule has 0 aliphatic heterocycles. The van der Waals surface area contributed by atoms with Gasteiger partial charge in [0.15, 0.2) is 0 Å². The molecule has 0 bridgehead atoms. The molecule has 0 amide bonds. The highest BCUT2D eigenvalue weighted by Crippen LogP contribution is 2.39. The van der Waals surface area contributed by atoms with Gasteiger partial charge < -0.3 is 15.6 Å². The topological polar surface area (TPSA) is 72.5 Å². The quantitative estimate of drug-likeness (QED) is 0.518. The lowest BCUT2D eigenvalue weighted by molar-refractivity contribution is -0.139. The van der Waals surface area contributed by atoms with E-state index in [1.54, 1.807) is 20.8 Å². The summed E-state index contributed by atoms with van der Waals surface area (Å²) in [6, 6.07) is 8.27. The lowest BCUT2D eigenvalue weighted by atomic mass is 9.89. The molecule has 4 nitrogen and oxygen atoms in total. The Morgan fingerprint density at radius 3 is 2.04 bits per heavy atom. The summed E-state index contributed by atoms with van der Waals surface area (Å²) < 4.78 is 5.72. The predicted octanol–water partition coefficient (Wildman–Crippen LogP) is 5.12. The summed E-state index contributed by atoms with van der Waals surface area (Å²) in [7, 11) is 1.40. The van der Waals surface area contributed by atoms with Crippen LogP contribution in [0.3, 0.4) is 0 Å². The van der Waals surface area contributed by atoms with Gasteiger partial charge in [-0.05, 0) is 85.3 Å². The van der Waals surface area contributed by atoms with Gasteiger partial charge in [-0.25, -0.2) is 0 Å². The Kier molecular flexibility index (Phi) is 8.05. The van der Waals surface area contributed by atoms with Crippen LogP contribution in [0.15, 0.2) is 28.7 Å². The molecular weight excluding hydrogens is 406 g/mol. The van der Waals surface area contributed by atoms with Crippen molar-refractivity contribution in [1.29, 1.82) is 0 Å². The van der Waals surface area contributed by atoms with Gasteiger partial charge in [0.05, 0.1) is 19.1 Å². The number of aliphatic hydroxyl groups is 1. The smallest absolute Gasteiger partial charge is 0.310 e. The van der Waals surface area contributed by atoms with Crippen molar-refractivity contribution in [2.24, 2.45) is 0 Å². The molecule has 0 fully saturated rings. The number of anilines is 1.